The lowest BCUT2D eigenvalue weighted by molar-refractivity contribution is -0.155. The first-order valence-corrected chi connectivity index (χ1v) is 9.89. The van der Waals surface area contributed by atoms with Crippen LogP contribution in [-0.2, 0) is 9.59 Å². The molecule has 148 valence electrons. The Morgan fingerprint density at radius 1 is 1.00 bits per heavy atom. The number of halogens is 1. The van der Waals surface area contributed by atoms with Gasteiger partial charge in [-0.2, -0.15) is 0 Å². The van der Waals surface area contributed by atoms with Crippen LogP contribution in [0.15, 0.2) is 24.3 Å². The number of piperidine rings is 1. The Morgan fingerprint density at radius 3 is 2.26 bits per heavy atom. The summed E-state index contributed by atoms with van der Waals surface area (Å²) in [6, 6.07) is 6.71. The molecular weight excluding hydrogens is 345 g/mol. The molecule has 5 nitrogen and oxygen atoms in total. The fourth-order valence-corrected chi connectivity index (χ4v) is 4.11. The minimum Gasteiger partial charge on any atom is -0.366 e. The number of likely N-dealkylation sites (tertiary alicyclic amines) is 1. The molecule has 0 N–H and O–H groups in total. The van der Waals surface area contributed by atoms with Gasteiger partial charge in [0.05, 0.1) is 5.69 Å². The van der Waals surface area contributed by atoms with Crippen LogP contribution in [0, 0.1) is 17.2 Å². The number of rotatable bonds is 3. The molecule has 27 heavy (non-hydrogen) atoms. The van der Waals surface area contributed by atoms with Crippen LogP contribution >= 0.6 is 0 Å². The van der Waals surface area contributed by atoms with E-state index in [2.05, 4.69) is 6.92 Å². The number of anilines is 1. The van der Waals surface area contributed by atoms with Crippen LogP contribution < -0.4 is 4.90 Å². The highest BCUT2D eigenvalue weighted by molar-refractivity contribution is 6.04. The molecule has 2 aliphatic heterocycles. The third-order valence-electron chi connectivity index (χ3n) is 5.77. The molecule has 1 aromatic carbocycles. The molecule has 3 rings (SSSR count). The van der Waals surface area contributed by atoms with Crippen molar-refractivity contribution in [2.24, 2.45) is 11.3 Å². The highest BCUT2D eigenvalue weighted by Gasteiger charge is 2.43. The van der Waals surface area contributed by atoms with E-state index in [0.29, 0.717) is 37.8 Å². The Balaban J connectivity index is 1.62. The summed E-state index contributed by atoms with van der Waals surface area (Å²) in [5, 5.41) is 0. The molecule has 0 saturated carbocycles. The first-order chi connectivity index (χ1) is 12.8. The SMILES string of the molecule is CC1CCCN(C(=O)C(C)(C)C(=O)N2CCN(c3ccccc3F)CC2)C1. The van der Waals surface area contributed by atoms with Crippen LogP contribution in [-0.4, -0.2) is 60.9 Å². The zero-order valence-electron chi connectivity index (χ0n) is 16.6. The van der Waals surface area contributed by atoms with Gasteiger partial charge in [0.15, 0.2) is 0 Å². The maximum atomic E-state index is 14.0. The highest BCUT2D eigenvalue weighted by Crippen LogP contribution is 2.27. The quantitative estimate of drug-likeness (QED) is 0.763. The summed E-state index contributed by atoms with van der Waals surface area (Å²) in [5.41, 5.74) is -0.487. The number of para-hydroxylation sites is 1. The Kier molecular flexibility index (Phi) is 5.72. The summed E-state index contributed by atoms with van der Waals surface area (Å²) in [4.78, 5) is 31.6. The van der Waals surface area contributed by atoms with E-state index in [0.717, 1.165) is 25.9 Å². The molecule has 2 amide bonds. The lowest BCUT2D eigenvalue weighted by Gasteiger charge is -2.41. The molecule has 0 spiro atoms. The second kappa shape index (κ2) is 7.87. The van der Waals surface area contributed by atoms with Crippen molar-refractivity contribution < 1.29 is 14.0 Å². The molecule has 0 aliphatic carbocycles. The van der Waals surface area contributed by atoms with E-state index in [1.165, 1.54) is 6.07 Å². The second-order valence-corrected chi connectivity index (χ2v) is 8.35. The number of benzene rings is 1. The van der Waals surface area contributed by atoms with Crippen LogP contribution in [0.4, 0.5) is 10.1 Å². The van der Waals surface area contributed by atoms with Crippen LogP contribution in [0.25, 0.3) is 0 Å². The number of nitrogens with zero attached hydrogens (tertiary/aromatic N) is 3. The topological polar surface area (TPSA) is 43.9 Å². The number of carbonyl (C=O) groups excluding carboxylic acids is 2. The number of amides is 2. The normalized spacial score (nSPS) is 21.3. The van der Waals surface area contributed by atoms with Crippen LogP contribution in [0.3, 0.4) is 0 Å². The molecule has 2 aliphatic rings. The van der Waals surface area contributed by atoms with Crippen molar-refractivity contribution in [3.63, 3.8) is 0 Å². The van der Waals surface area contributed by atoms with Crippen LogP contribution in [0.2, 0.25) is 0 Å². The zero-order chi connectivity index (χ0) is 19.6. The van der Waals surface area contributed by atoms with E-state index in [1.807, 2.05) is 15.9 Å². The third kappa shape index (κ3) is 4.09. The third-order valence-corrected chi connectivity index (χ3v) is 5.77. The molecular formula is C21H30FN3O2. The Bertz CT molecular complexity index is 698. The molecule has 2 fully saturated rings. The molecule has 2 heterocycles. The minimum atomic E-state index is -1.06. The van der Waals surface area contributed by atoms with Gasteiger partial charge in [0, 0.05) is 39.3 Å². The van der Waals surface area contributed by atoms with Crippen molar-refractivity contribution in [2.75, 3.05) is 44.2 Å². The van der Waals surface area contributed by atoms with E-state index >= 15 is 0 Å². The van der Waals surface area contributed by atoms with Gasteiger partial charge in [-0.1, -0.05) is 19.1 Å². The molecule has 2 saturated heterocycles. The van der Waals surface area contributed by atoms with Gasteiger partial charge in [-0.25, -0.2) is 4.39 Å². The van der Waals surface area contributed by atoms with Crippen molar-refractivity contribution in [3.8, 4) is 0 Å². The summed E-state index contributed by atoms with van der Waals surface area (Å²) in [6.07, 6.45) is 2.13. The molecule has 0 radical (unpaired) electrons. The van der Waals surface area contributed by atoms with Gasteiger partial charge in [-0.05, 0) is 44.7 Å². The van der Waals surface area contributed by atoms with E-state index in [1.54, 1.807) is 30.9 Å². The first kappa shape index (κ1) is 19.6. The lowest BCUT2D eigenvalue weighted by atomic mass is 9.87. The fraction of sp³-hybridized carbons (Fsp3) is 0.619. The van der Waals surface area contributed by atoms with Crippen molar-refractivity contribution in [1.29, 1.82) is 0 Å². The molecule has 0 aromatic heterocycles. The van der Waals surface area contributed by atoms with Crippen LogP contribution in [0.5, 0.6) is 0 Å². The van der Waals surface area contributed by atoms with Crippen molar-refractivity contribution in [2.45, 2.75) is 33.6 Å². The second-order valence-electron chi connectivity index (χ2n) is 8.35. The van der Waals surface area contributed by atoms with Crippen LogP contribution in [0.1, 0.15) is 33.6 Å². The highest BCUT2D eigenvalue weighted by atomic mass is 19.1. The fourth-order valence-electron chi connectivity index (χ4n) is 4.11. The summed E-state index contributed by atoms with van der Waals surface area (Å²) < 4.78 is 14.0. The smallest absolute Gasteiger partial charge is 0.237 e. The van der Waals surface area contributed by atoms with Gasteiger partial charge in [-0.3, -0.25) is 9.59 Å². The lowest BCUT2D eigenvalue weighted by Crippen LogP contribution is -2.57. The Labute approximate surface area is 161 Å². The minimum absolute atomic E-state index is 0.0735. The number of hydrogen-bond donors (Lipinski definition) is 0. The molecule has 6 heteroatoms. The molecule has 1 unspecified atom stereocenters. The average molecular weight is 375 g/mol. The Morgan fingerprint density at radius 2 is 1.63 bits per heavy atom. The summed E-state index contributed by atoms with van der Waals surface area (Å²) in [6.45, 7) is 9.23. The standard InChI is InChI=1S/C21H30FN3O2/c1-16-7-6-10-25(15-16)20(27)21(2,3)19(26)24-13-11-23(12-14-24)18-9-5-4-8-17(18)22/h4-5,8-9,16H,6-7,10-15H2,1-3H3. The number of piperazine rings is 1. The van der Waals surface area contributed by atoms with Crippen molar-refractivity contribution in [1.82, 2.24) is 9.80 Å². The molecule has 0 bridgehead atoms. The van der Waals surface area contributed by atoms with Crippen molar-refractivity contribution in [3.05, 3.63) is 30.1 Å². The van der Waals surface area contributed by atoms with E-state index in [9.17, 15) is 14.0 Å². The van der Waals surface area contributed by atoms with Gasteiger partial charge in [0.25, 0.3) is 0 Å². The molecule has 1 aromatic rings. The van der Waals surface area contributed by atoms with Gasteiger partial charge in [0.2, 0.25) is 11.8 Å². The monoisotopic (exact) mass is 375 g/mol. The van der Waals surface area contributed by atoms with Gasteiger partial charge >= 0.3 is 0 Å². The predicted molar refractivity (Wildman–Crippen MR) is 104 cm³/mol. The van der Waals surface area contributed by atoms with E-state index in [4.69, 9.17) is 0 Å². The van der Waals surface area contributed by atoms with Gasteiger partial charge in [0.1, 0.15) is 11.2 Å². The maximum absolute atomic E-state index is 14.0. The largest absolute Gasteiger partial charge is 0.366 e. The van der Waals surface area contributed by atoms with E-state index in [-0.39, 0.29) is 17.6 Å². The zero-order valence-corrected chi connectivity index (χ0v) is 16.6. The Hall–Kier alpha value is -2.11. The predicted octanol–water partition coefficient (Wildman–Crippen LogP) is 2.76. The summed E-state index contributed by atoms with van der Waals surface area (Å²) in [5.74, 6) is 0.0411. The first-order valence-electron chi connectivity index (χ1n) is 9.89. The number of hydrogen-bond acceptors (Lipinski definition) is 3. The number of carbonyl (C=O) groups is 2. The summed E-state index contributed by atoms with van der Waals surface area (Å²) in [7, 11) is 0. The van der Waals surface area contributed by atoms with Crippen molar-refractivity contribution >= 4 is 17.5 Å². The maximum Gasteiger partial charge on any atom is 0.237 e. The van der Waals surface area contributed by atoms with Gasteiger partial charge in [-0.15, -0.1) is 0 Å². The average Bonchev–Trinajstić information content (AvgIpc) is 2.67. The summed E-state index contributed by atoms with van der Waals surface area (Å²) >= 11 is 0. The molecule has 1 atom stereocenters. The van der Waals surface area contributed by atoms with E-state index < -0.39 is 5.41 Å². The van der Waals surface area contributed by atoms with Gasteiger partial charge < -0.3 is 14.7 Å².